The number of aryl methyl sites for hydroxylation is 1. The number of ether oxygens (including phenoxy) is 1. The Labute approximate surface area is 178 Å². The lowest BCUT2D eigenvalue weighted by Gasteiger charge is -2.26. The molecule has 0 spiro atoms. The molecule has 30 heavy (non-hydrogen) atoms. The van der Waals surface area contributed by atoms with E-state index in [1.165, 1.54) is 18.4 Å². The van der Waals surface area contributed by atoms with Crippen molar-refractivity contribution in [3.05, 3.63) is 62.5 Å². The highest BCUT2D eigenvalue weighted by molar-refractivity contribution is 7.20. The molecule has 3 aromatic rings. The largest absolute Gasteiger partial charge is 0.480 e. The Hall–Kier alpha value is -3.00. The van der Waals surface area contributed by atoms with Crippen molar-refractivity contribution >= 4 is 33.5 Å². The third-order valence-electron chi connectivity index (χ3n) is 4.99. The highest BCUT2D eigenvalue weighted by Crippen LogP contribution is 2.31. The average molecular weight is 429 g/mol. The smallest absolute Gasteiger partial charge is 0.349 e. The van der Waals surface area contributed by atoms with Gasteiger partial charge in [0.15, 0.2) is 0 Å². The maximum Gasteiger partial charge on any atom is 0.349 e. The number of thiophene rings is 1. The van der Waals surface area contributed by atoms with Crippen LogP contribution < -0.4 is 5.56 Å². The van der Waals surface area contributed by atoms with E-state index in [1.54, 1.807) is 6.92 Å². The second-order valence-electron chi connectivity index (χ2n) is 7.93. The van der Waals surface area contributed by atoms with Gasteiger partial charge >= 0.3 is 11.9 Å². The van der Waals surface area contributed by atoms with Gasteiger partial charge in [-0.05, 0) is 31.9 Å². The third kappa shape index (κ3) is 3.75. The fraction of sp³-hybridized carbons (Fsp3) is 0.364. The lowest BCUT2D eigenvalue weighted by Crippen LogP contribution is -2.45. The molecule has 0 saturated carbocycles. The molecule has 2 heterocycles. The SMILES string of the molecule is Cc1c(C(=O)OCc2ccccc2)sc2nc(C(C)C)n(C(C)(C)C(=O)O)c(=O)c12. The second-order valence-corrected chi connectivity index (χ2v) is 8.93. The first kappa shape index (κ1) is 21.7. The minimum absolute atomic E-state index is 0.119. The van der Waals surface area contributed by atoms with Crippen LogP contribution in [0.25, 0.3) is 10.2 Å². The Morgan fingerprint density at radius 2 is 1.87 bits per heavy atom. The number of carbonyl (C=O) groups excluding carboxylic acids is 1. The lowest BCUT2D eigenvalue weighted by atomic mass is 10.0. The number of nitrogens with zero attached hydrogens (tertiary/aromatic N) is 2. The molecule has 0 radical (unpaired) electrons. The molecular weight excluding hydrogens is 404 g/mol. The molecule has 0 aliphatic carbocycles. The van der Waals surface area contributed by atoms with Gasteiger partial charge in [0.25, 0.3) is 5.56 Å². The number of benzene rings is 1. The van der Waals surface area contributed by atoms with Crippen LogP contribution in [0.4, 0.5) is 0 Å². The molecular formula is C22H24N2O5S. The van der Waals surface area contributed by atoms with Gasteiger partial charge in [-0.25, -0.2) is 14.6 Å². The quantitative estimate of drug-likeness (QED) is 0.595. The van der Waals surface area contributed by atoms with E-state index < -0.39 is 23.0 Å². The van der Waals surface area contributed by atoms with Gasteiger partial charge in [-0.15, -0.1) is 11.3 Å². The number of esters is 1. The van der Waals surface area contributed by atoms with Crippen molar-refractivity contribution in [1.29, 1.82) is 0 Å². The summed E-state index contributed by atoms with van der Waals surface area (Å²) in [7, 11) is 0. The van der Waals surface area contributed by atoms with Crippen LogP contribution in [0.3, 0.4) is 0 Å². The van der Waals surface area contributed by atoms with E-state index >= 15 is 0 Å². The first-order valence-electron chi connectivity index (χ1n) is 9.56. The number of aliphatic carboxylic acids is 1. The molecule has 3 rings (SSSR count). The van der Waals surface area contributed by atoms with Crippen molar-refractivity contribution in [2.24, 2.45) is 0 Å². The lowest BCUT2D eigenvalue weighted by molar-refractivity contribution is -0.146. The molecule has 0 bridgehead atoms. The fourth-order valence-electron chi connectivity index (χ4n) is 3.21. The summed E-state index contributed by atoms with van der Waals surface area (Å²) in [6.45, 7) is 8.40. The number of rotatable bonds is 6. The highest BCUT2D eigenvalue weighted by Gasteiger charge is 2.35. The van der Waals surface area contributed by atoms with Crippen molar-refractivity contribution < 1.29 is 19.4 Å². The van der Waals surface area contributed by atoms with E-state index in [1.807, 2.05) is 44.2 Å². The summed E-state index contributed by atoms with van der Waals surface area (Å²) in [4.78, 5) is 43.2. The molecule has 0 fully saturated rings. The molecule has 0 saturated heterocycles. The molecule has 2 aromatic heterocycles. The highest BCUT2D eigenvalue weighted by atomic mass is 32.1. The predicted octanol–water partition coefficient (Wildman–Crippen LogP) is 4.07. The van der Waals surface area contributed by atoms with Gasteiger partial charge in [-0.1, -0.05) is 44.2 Å². The van der Waals surface area contributed by atoms with E-state index in [4.69, 9.17) is 4.74 Å². The zero-order chi connectivity index (χ0) is 22.2. The van der Waals surface area contributed by atoms with E-state index in [0.717, 1.165) is 16.9 Å². The van der Waals surface area contributed by atoms with E-state index in [9.17, 15) is 19.5 Å². The predicted molar refractivity (Wildman–Crippen MR) is 115 cm³/mol. The van der Waals surface area contributed by atoms with Crippen LogP contribution in [0.15, 0.2) is 35.1 Å². The maximum atomic E-state index is 13.4. The monoisotopic (exact) mass is 428 g/mol. The zero-order valence-electron chi connectivity index (χ0n) is 17.6. The summed E-state index contributed by atoms with van der Waals surface area (Å²) in [5, 5.41) is 9.93. The van der Waals surface area contributed by atoms with Crippen LogP contribution in [0.2, 0.25) is 0 Å². The minimum Gasteiger partial charge on any atom is -0.480 e. The summed E-state index contributed by atoms with van der Waals surface area (Å²) in [5.74, 6) is -1.49. The molecule has 0 amide bonds. The number of carboxylic acids is 1. The maximum absolute atomic E-state index is 13.4. The topological polar surface area (TPSA) is 98.5 Å². The Kier molecular flexibility index (Phi) is 5.81. The van der Waals surface area contributed by atoms with Crippen LogP contribution in [0, 0.1) is 6.92 Å². The molecule has 158 valence electrons. The Balaban J connectivity index is 2.11. The van der Waals surface area contributed by atoms with Gasteiger partial charge in [0.05, 0.1) is 5.39 Å². The molecule has 0 unspecified atom stereocenters. The third-order valence-corrected chi connectivity index (χ3v) is 6.15. The molecule has 0 aliphatic rings. The van der Waals surface area contributed by atoms with Crippen LogP contribution in [-0.2, 0) is 21.7 Å². The Morgan fingerprint density at radius 1 is 1.23 bits per heavy atom. The summed E-state index contributed by atoms with van der Waals surface area (Å²) in [6, 6.07) is 9.31. The number of hydrogen-bond acceptors (Lipinski definition) is 6. The number of fused-ring (bicyclic) bond motifs is 1. The average Bonchev–Trinajstić information content (AvgIpc) is 3.03. The summed E-state index contributed by atoms with van der Waals surface area (Å²) >= 11 is 1.09. The second kappa shape index (κ2) is 8.02. The molecule has 1 N–H and O–H groups in total. The van der Waals surface area contributed by atoms with Crippen molar-refractivity contribution in [3.63, 3.8) is 0 Å². The summed E-state index contributed by atoms with van der Waals surface area (Å²) in [6.07, 6.45) is 0. The Morgan fingerprint density at radius 3 is 2.43 bits per heavy atom. The van der Waals surface area contributed by atoms with E-state index in [2.05, 4.69) is 4.98 Å². The molecule has 7 nitrogen and oxygen atoms in total. The standard InChI is InChI=1S/C22H24N2O5S/c1-12(2)17-23-18-15(19(25)24(17)22(4,5)21(27)28)13(3)16(30-18)20(26)29-11-14-9-7-6-8-10-14/h6-10,12H,11H2,1-5H3,(H,27,28). The number of aromatic nitrogens is 2. The van der Waals surface area contributed by atoms with Crippen molar-refractivity contribution in [3.8, 4) is 0 Å². The van der Waals surface area contributed by atoms with E-state index in [0.29, 0.717) is 21.1 Å². The van der Waals surface area contributed by atoms with Crippen molar-refractivity contribution in [2.75, 3.05) is 0 Å². The van der Waals surface area contributed by atoms with Crippen molar-refractivity contribution in [1.82, 2.24) is 9.55 Å². The van der Waals surface area contributed by atoms with Gasteiger partial charge in [-0.2, -0.15) is 0 Å². The number of carboxylic acid groups (broad SMARTS) is 1. The van der Waals surface area contributed by atoms with Gasteiger partial charge in [-0.3, -0.25) is 9.36 Å². The minimum atomic E-state index is -1.49. The number of hydrogen-bond donors (Lipinski definition) is 1. The Bertz CT molecular complexity index is 1180. The van der Waals surface area contributed by atoms with Crippen LogP contribution in [0.1, 0.15) is 60.2 Å². The number of carbonyl (C=O) groups is 2. The summed E-state index contributed by atoms with van der Waals surface area (Å²) in [5.41, 5.74) is -0.640. The van der Waals surface area contributed by atoms with E-state index in [-0.39, 0.29) is 17.9 Å². The molecule has 8 heteroatoms. The zero-order valence-corrected chi connectivity index (χ0v) is 18.4. The van der Waals surface area contributed by atoms with Crippen molar-refractivity contribution in [2.45, 2.75) is 52.7 Å². The van der Waals surface area contributed by atoms with Crippen LogP contribution in [-0.4, -0.2) is 26.6 Å². The normalized spacial score (nSPS) is 11.8. The van der Waals surface area contributed by atoms with Gasteiger partial charge in [0, 0.05) is 5.92 Å². The van der Waals surface area contributed by atoms with Gasteiger partial charge in [0.2, 0.25) is 0 Å². The first-order valence-corrected chi connectivity index (χ1v) is 10.4. The first-order chi connectivity index (χ1) is 14.1. The van der Waals surface area contributed by atoms with Crippen LogP contribution in [0.5, 0.6) is 0 Å². The molecule has 0 atom stereocenters. The van der Waals surface area contributed by atoms with Crippen LogP contribution >= 0.6 is 11.3 Å². The molecule has 0 aliphatic heterocycles. The molecule has 1 aromatic carbocycles. The van der Waals surface area contributed by atoms with Gasteiger partial charge in [0.1, 0.15) is 27.7 Å². The fourth-order valence-corrected chi connectivity index (χ4v) is 4.28. The van der Waals surface area contributed by atoms with Gasteiger partial charge < -0.3 is 9.84 Å². The summed E-state index contributed by atoms with van der Waals surface area (Å²) < 4.78 is 6.64.